The number of nitro groups is 1. The van der Waals surface area contributed by atoms with Crippen molar-refractivity contribution in [3.05, 3.63) is 70.2 Å². The van der Waals surface area contributed by atoms with Crippen molar-refractivity contribution in [3.63, 3.8) is 0 Å². The number of fused-ring (bicyclic) bond motifs is 1. The number of thiazole rings is 1. The van der Waals surface area contributed by atoms with Crippen LogP contribution < -0.4 is 0 Å². The summed E-state index contributed by atoms with van der Waals surface area (Å²) in [6.07, 6.45) is 2.49. The second-order valence-electron chi connectivity index (χ2n) is 6.00. The third-order valence-corrected chi connectivity index (χ3v) is 5.25. The van der Waals surface area contributed by atoms with Gasteiger partial charge in [0.2, 0.25) is 0 Å². The highest BCUT2D eigenvalue weighted by molar-refractivity contribution is 7.13. The first-order valence-electron chi connectivity index (χ1n) is 8.33. The van der Waals surface area contributed by atoms with E-state index in [-0.39, 0.29) is 5.69 Å². The molecule has 0 fully saturated rings. The maximum absolute atomic E-state index is 10.8. The van der Waals surface area contributed by atoms with Crippen LogP contribution in [0.25, 0.3) is 32.7 Å². The van der Waals surface area contributed by atoms with Crippen molar-refractivity contribution in [3.8, 4) is 27.9 Å². The molecule has 0 bridgehead atoms. The fraction of sp³-hybridized carbons (Fsp3) is 0.100. The molecule has 4 aromatic rings. The van der Waals surface area contributed by atoms with Gasteiger partial charge in [-0.1, -0.05) is 18.2 Å². The van der Waals surface area contributed by atoms with E-state index in [0.29, 0.717) is 13.0 Å². The second kappa shape index (κ2) is 7.02. The zero-order chi connectivity index (χ0) is 18.8. The van der Waals surface area contributed by atoms with E-state index in [1.54, 1.807) is 12.1 Å². The van der Waals surface area contributed by atoms with Crippen LogP contribution in [-0.4, -0.2) is 14.5 Å². The predicted octanol–water partition coefficient (Wildman–Crippen LogP) is 5.25. The van der Waals surface area contributed by atoms with Gasteiger partial charge in [-0.2, -0.15) is 5.26 Å². The van der Waals surface area contributed by atoms with E-state index in [4.69, 9.17) is 10.2 Å². The zero-order valence-corrected chi connectivity index (χ0v) is 15.0. The standard InChI is InChI=1S/C20H14N4O2S/c21-10-3-11-23-12-17(16-4-1-2-5-19(16)23)18-13-27-20(22-18)14-6-8-15(9-7-14)24(25)26/h1-2,4-9,12-13H,3,11H2. The number of nitrogens with zero attached hydrogens (tertiary/aromatic N) is 4. The first-order chi connectivity index (χ1) is 13.2. The fourth-order valence-electron chi connectivity index (χ4n) is 3.06. The Morgan fingerprint density at radius 1 is 1.19 bits per heavy atom. The lowest BCUT2D eigenvalue weighted by molar-refractivity contribution is -0.384. The minimum absolute atomic E-state index is 0.0658. The number of benzene rings is 2. The average molecular weight is 374 g/mol. The van der Waals surface area contributed by atoms with Crippen molar-refractivity contribution in [2.75, 3.05) is 0 Å². The number of aromatic nitrogens is 2. The summed E-state index contributed by atoms with van der Waals surface area (Å²) in [5, 5.41) is 23.6. The molecule has 4 rings (SSSR count). The van der Waals surface area contributed by atoms with Crippen LogP contribution in [0.2, 0.25) is 0 Å². The zero-order valence-electron chi connectivity index (χ0n) is 14.2. The molecule has 0 aliphatic rings. The van der Waals surface area contributed by atoms with Crippen molar-refractivity contribution < 1.29 is 4.92 Å². The lowest BCUT2D eigenvalue weighted by atomic mass is 10.1. The van der Waals surface area contributed by atoms with Crippen LogP contribution in [-0.2, 0) is 6.54 Å². The molecule has 0 radical (unpaired) electrons. The Balaban J connectivity index is 1.73. The van der Waals surface area contributed by atoms with Crippen molar-refractivity contribution in [2.24, 2.45) is 0 Å². The SMILES string of the molecule is N#CCCn1cc(-c2csc(-c3ccc([N+](=O)[O-])cc3)n2)c2ccccc21. The molecule has 0 amide bonds. The highest BCUT2D eigenvalue weighted by atomic mass is 32.1. The molecule has 27 heavy (non-hydrogen) atoms. The van der Waals surface area contributed by atoms with Crippen molar-refractivity contribution >= 4 is 27.9 Å². The average Bonchev–Trinajstić information content (AvgIpc) is 3.31. The summed E-state index contributed by atoms with van der Waals surface area (Å²) in [4.78, 5) is 15.1. The lowest BCUT2D eigenvalue weighted by Crippen LogP contribution is -1.94. The molecule has 0 saturated carbocycles. The Morgan fingerprint density at radius 2 is 1.96 bits per heavy atom. The minimum atomic E-state index is -0.410. The van der Waals surface area contributed by atoms with Crippen molar-refractivity contribution in [1.29, 1.82) is 5.26 Å². The molecule has 0 spiro atoms. The summed E-state index contributed by atoms with van der Waals surface area (Å²) in [5.74, 6) is 0. The van der Waals surface area contributed by atoms with Gasteiger partial charge in [0.1, 0.15) is 5.01 Å². The molecule has 0 N–H and O–H groups in total. The van der Waals surface area contributed by atoms with Crippen molar-refractivity contribution in [2.45, 2.75) is 13.0 Å². The van der Waals surface area contributed by atoms with Gasteiger partial charge in [-0.25, -0.2) is 4.98 Å². The van der Waals surface area contributed by atoms with Gasteiger partial charge < -0.3 is 4.57 Å². The van der Waals surface area contributed by atoms with E-state index in [9.17, 15) is 10.1 Å². The van der Waals surface area contributed by atoms with Gasteiger partial charge in [0.05, 0.1) is 23.1 Å². The Morgan fingerprint density at radius 3 is 2.70 bits per heavy atom. The quantitative estimate of drug-likeness (QED) is 0.352. The van der Waals surface area contributed by atoms with Crippen LogP contribution in [0.15, 0.2) is 60.1 Å². The van der Waals surface area contributed by atoms with E-state index in [1.165, 1.54) is 23.5 Å². The number of nitro benzene ring substituents is 1. The summed E-state index contributed by atoms with van der Waals surface area (Å²) in [5.41, 5.74) is 3.88. The summed E-state index contributed by atoms with van der Waals surface area (Å²) < 4.78 is 2.08. The summed E-state index contributed by atoms with van der Waals surface area (Å²) in [6.45, 7) is 0.635. The van der Waals surface area contributed by atoms with Crippen LogP contribution in [0.4, 0.5) is 5.69 Å². The summed E-state index contributed by atoms with van der Waals surface area (Å²) in [7, 11) is 0. The van der Waals surface area contributed by atoms with Gasteiger partial charge in [-0.15, -0.1) is 11.3 Å². The third kappa shape index (κ3) is 3.18. The maximum atomic E-state index is 10.8. The van der Waals surface area contributed by atoms with Crippen molar-refractivity contribution in [1.82, 2.24) is 9.55 Å². The molecule has 2 aromatic heterocycles. The molecule has 0 aliphatic carbocycles. The Bertz CT molecular complexity index is 1170. The van der Waals surface area contributed by atoms with Gasteiger partial charge in [0, 0.05) is 52.3 Å². The predicted molar refractivity (Wildman–Crippen MR) is 105 cm³/mol. The second-order valence-corrected chi connectivity index (χ2v) is 6.86. The number of hydrogen-bond acceptors (Lipinski definition) is 5. The molecule has 0 unspecified atom stereocenters. The van der Waals surface area contributed by atoms with Gasteiger partial charge >= 0.3 is 0 Å². The van der Waals surface area contributed by atoms with Gasteiger partial charge in [-0.3, -0.25) is 10.1 Å². The van der Waals surface area contributed by atoms with Crippen LogP contribution >= 0.6 is 11.3 Å². The van der Waals surface area contributed by atoms with Crippen LogP contribution in [0.1, 0.15) is 6.42 Å². The molecule has 2 aromatic carbocycles. The largest absolute Gasteiger partial charge is 0.346 e. The number of aryl methyl sites for hydroxylation is 1. The van der Waals surface area contributed by atoms with Crippen LogP contribution in [0.3, 0.4) is 0 Å². The molecular formula is C20H14N4O2S. The smallest absolute Gasteiger partial charge is 0.269 e. The Labute approximate surface area is 159 Å². The first kappa shape index (κ1) is 16.9. The van der Waals surface area contributed by atoms with Crippen LogP contribution in [0.5, 0.6) is 0 Å². The molecule has 0 aliphatic heterocycles. The minimum Gasteiger partial charge on any atom is -0.346 e. The Hall–Kier alpha value is -3.50. The first-order valence-corrected chi connectivity index (χ1v) is 9.21. The molecule has 7 heteroatoms. The number of hydrogen-bond donors (Lipinski definition) is 0. The molecule has 2 heterocycles. The molecule has 6 nitrogen and oxygen atoms in total. The van der Waals surface area contributed by atoms with E-state index in [2.05, 4.69) is 16.7 Å². The lowest BCUT2D eigenvalue weighted by Gasteiger charge is -2.00. The normalized spacial score (nSPS) is 10.8. The van der Waals surface area contributed by atoms with Gasteiger partial charge in [-0.05, 0) is 18.2 Å². The third-order valence-electron chi connectivity index (χ3n) is 4.36. The monoisotopic (exact) mass is 374 g/mol. The topological polar surface area (TPSA) is 84.8 Å². The molecular weight excluding hydrogens is 360 g/mol. The fourth-order valence-corrected chi connectivity index (χ4v) is 3.89. The highest BCUT2D eigenvalue weighted by Crippen LogP contribution is 2.34. The summed E-state index contributed by atoms with van der Waals surface area (Å²) in [6, 6.07) is 16.7. The number of non-ortho nitro benzene ring substituents is 1. The number of nitriles is 1. The number of rotatable bonds is 5. The molecule has 0 saturated heterocycles. The highest BCUT2D eigenvalue weighted by Gasteiger charge is 2.14. The van der Waals surface area contributed by atoms with Gasteiger partial charge in [0.15, 0.2) is 0 Å². The Kier molecular flexibility index (Phi) is 4.40. The summed E-state index contributed by atoms with van der Waals surface area (Å²) >= 11 is 1.50. The van der Waals surface area contributed by atoms with E-state index >= 15 is 0 Å². The number of para-hydroxylation sites is 1. The molecule has 132 valence electrons. The van der Waals surface area contributed by atoms with E-state index in [1.807, 2.05) is 29.8 Å². The van der Waals surface area contributed by atoms with Gasteiger partial charge in [0.25, 0.3) is 5.69 Å². The van der Waals surface area contributed by atoms with E-state index in [0.717, 1.165) is 32.7 Å². The molecule has 0 atom stereocenters. The van der Waals surface area contributed by atoms with E-state index < -0.39 is 4.92 Å². The van der Waals surface area contributed by atoms with Crippen LogP contribution in [0, 0.1) is 21.4 Å². The maximum Gasteiger partial charge on any atom is 0.269 e.